The van der Waals surface area contributed by atoms with Crippen molar-refractivity contribution in [2.24, 2.45) is 22.9 Å². The van der Waals surface area contributed by atoms with E-state index in [1.54, 1.807) is 48.5 Å². The van der Waals surface area contributed by atoms with Crippen LogP contribution in [0.1, 0.15) is 54.0 Å². The lowest BCUT2D eigenvalue weighted by Gasteiger charge is -2.29. The van der Waals surface area contributed by atoms with Crippen molar-refractivity contribution < 1.29 is 53.7 Å². The highest BCUT2D eigenvalue weighted by Crippen LogP contribution is 2.24. The number of carbonyl (C=O) groups is 8. The van der Waals surface area contributed by atoms with Gasteiger partial charge < -0.3 is 75.5 Å². The monoisotopic (exact) mass is 1130 g/mol. The van der Waals surface area contributed by atoms with Gasteiger partial charge in [0.15, 0.2) is 0 Å². The molecule has 5 rings (SSSR count). The number of amides is 8. The first kappa shape index (κ1) is 61.9. The summed E-state index contributed by atoms with van der Waals surface area (Å²) in [7, 11) is 1.94. The first-order valence-corrected chi connectivity index (χ1v) is 28.0. The molecule has 25 heteroatoms. The predicted octanol–water partition coefficient (Wildman–Crippen LogP) is -0.408. The number of unbranched alkanes of at least 4 members (excludes halogenated alkanes) is 1. The number of phenolic OH excluding ortho intramolecular Hbond substituents is 2. The summed E-state index contributed by atoms with van der Waals surface area (Å²) in [6.07, 6.45) is -1.26. The van der Waals surface area contributed by atoms with E-state index in [9.17, 15) is 53.7 Å². The van der Waals surface area contributed by atoms with E-state index in [1.165, 1.54) is 55.5 Å². The number of aliphatic hydroxyl groups excluding tert-OH is 1. The normalized spacial score (nSPS) is 21.2. The molecule has 1 fully saturated rings. The zero-order valence-electron chi connectivity index (χ0n) is 42.8. The predicted molar refractivity (Wildman–Crippen MR) is 297 cm³/mol. The van der Waals surface area contributed by atoms with E-state index in [0.29, 0.717) is 40.1 Å². The highest BCUT2D eigenvalue weighted by atomic mass is 35.5. The van der Waals surface area contributed by atoms with Crippen LogP contribution >= 0.6 is 33.2 Å². The molecule has 0 aliphatic carbocycles. The van der Waals surface area contributed by atoms with Crippen LogP contribution < -0.4 is 60.2 Å². The quantitative estimate of drug-likeness (QED) is 0.0419. The maximum absolute atomic E-state index is 14.7. The Labute approximate surface area is 464 Å². The van der Waals surface area contributed by atoms with E-state index in [4.69, 9.17) is 34.5 Å². The third-order valence-corrected chi connectivity index (χ3v) is 15.2. The van der Waals surface area contributed by atoms with Crippen molar-refractivity contribution in [3.05, 3.63) is 130 Å². The number of hydrogen-bond donors (Lipinski definition) is 14. The van der Waals surface area contributed by atoms with Crippen LogP contribution in [0.2, 0.25) is 5.02 Å². The Morgan fingerprint density at radius 2 is 1.13 bits per heavy atom. The number of primary amides is 1. The maximum Gasteiger partial charge on any atom is 0.245 e. The smallest absolute Gasteiger partial charge is 0.245 e. The molecule has 0 bridgehead atoms. The second-order valence-corrected chi connectivity index (χ2v) is 21.7. The Balaban J connectivity index is 1.57. The van der Waals surface area contributed by atoms with E-state index in [0.717, 1.165) is 27.2 Å². The average Bonchev–Trinajstić information content (AvgIpc) is 3.41. The molecule has 0 spiro atoms. The van der Waals surface area contributed by atoms with E-state index >= 15 is 0 Å². The number of carbonyl (C=O) groups excluding carboxylic acids is 8. The Kier molecular flexibility index (Phi) is 24.5. The Hall–Kier alpha value is -6.93. The van der Waals surface area contributed by atoms with Crippen LogP contribution in [-0.4, -0.2) is 135 Å². The van der Waals surface area contributed by atoms with Gasteiger partial charge in [0, 0.05) is 42.3 Å². The molecule has 0 radical (unpaired) electrons. The summed E-state index contributed by atoms with van der Waals surface area (Å²) >= 11 is 6.07. The number of nitrogens with two attached hydrogens (primary N) is 4. The number of rotatable bonds is 19. The van der Waals surface area contributed by atoms with E-state index < -0.39 is 102 Å². The molecule has 78 heavy (non-hydrogen) atoms. The summed E-state index contributed by atoms with van der Waals surface area (Å²) in [6, 6.07) is 13.8. The molecule has 22 nitrogen and oxygen atoms in total. The molecule has 0 unspecified atom stereocenters. The molecule has 1 heterocycles. The summed E-state index contributed by atoms with van der Waals surface area (Å²) in [6.45, 7) is 1.68. The molecule has 18 N–H and O–H groups in total. The molecule has 9 atom stereocenters. The molecule has 1 saturated heterocycles. The van der Waals surface area contributed by atoms with Crippen molar-refractivity contribution in [3.8, 4) is 11.5 Å². The van der Waals surface area contributed by atoms with E-state index in [1.807, 2.05) is 0 Å². The highest BCUT2D eigenvalue weighted by Gasteiger charge is 2.36. The first-order chi connectivity index (χ1) is 37.2. The molecular formula is C53H68ClN11O11S2. The zero-order valence-corrected chi connectivity index (χ0v) is 45.2. The number of hydrogen-bond acceptors (Lipinski definition) is 16. The largest absolute Gasteiger partial charge is 0.508 e. The number of halogens is 1. The van der Waals surface area contributed by atoms with Crippen LogP contribution in [0.25, 0.3) is 0 Å². The Morgan fingerprint density at radius 3 is 1.68 bits per heavy atom. The van der Waals surface area contributed by atoms with Gasteiger partial charge in [-0.25, -0.2) is 0 Å². The SMILES string of the molecule is C[C@@H](O)[C@@H]1NC(=O)[C@H](CCCCN)NC(=O)[C@@H](Cc2ccc(CN)cc2)NC(=O)[C@H](Cc2ccc(O)cc2)NC(=O)[C@H](NC(=O)[C@@H](N)Cc2ccc(Cl)cc2)CSSC[C@@H](C(=O)N[C@H](Cc2ccc(O)cc2)C(N)=O)NC1=O. The van der Waals surface area contributed by atoms with Crippen LogP contribution in [0.5, 0.6) is 11.5 Å². The minimum absolute atomic E-state index is 0.0147. The van der Waals surface area contributed by atoms with Crippen LogP contribution in [0.4, 0.5) is 0 Å². The van der Waals surface area contributed by atoms with Crippen molar-refractivity contribution in [3.63, 3.8) is 0 Å². The van der Waals surface area contributed by atoms with Gasteiger partial charge in [0.05, 0.1) is 12.1 Å². The van der Waals surface area contributed by atoms with Gasteiger partial charge in [0.2, 0.25) is 47.3 Å². The van der Waals surface area contributed by atoms with E-state index in [-0.39, 0.29) is 68.2 Å². The number of nitrogens with one attached hydrogen (secondary N) is 7. The van der Waals surface area contributed by atoms with Crippen LogP contribution in [-0.2, 0) is 70.6 Å². The molecule has 1 aliphatic rings. The molecule has 8 amide bonds. The highest BCUT2D eigenvalue weighted by molar-refractivity contribution is 8.76. The zero-order chi connectivity index (χ0) is 56.9. The molecular weight excluding hydrogens is 1070 g/mol. The van der Waals surface area contributed by atoms with Gasteiger partial charge in [-0.15, -0.1) is 0 Å². The fraction of sp³-hybridized carbons (Fsp3) is 0.396. The average molecular weight is 1130 g/mol. The lowest BCUT2D eigenvalue weighted by molar-refractivity contribution is -0.136. The molecule has 0 aromatic heterocycles. The number of aromatic hydroxyl groups is 2. The van der Waals surface area contributed by atoms with Crippen LogP contribution in [0.3, 0.4) is 0 Å². The summed E-state index contributed by atoms with van der Waals surface area (Å²) in [5.74, 6) is -7.72. The summed E-state index contributed by atoms with van der Waals surface area (Å²) in [5.41, 5.74) is 26.8. The maximum atomic E-state index is 14.7. The second-order valence-electron chi connectivity index (χ2n) is 18.8. The Bertz CT molecular complexity index is 2670. The van der Waals surface area contributed by atoms with Gasteiger partial charge in [0.1, 0.15) is 53.8 Å². The topological polar surface area (TPSA) is 386 Å². The van der Waals surface area contributed by atoms with Crippen LogP contribution in [0.15, 0.2) is 97.1 Å². The number of phenols is 2. The van der Waals surface area contributed by atoms with Crippen molar-refractivity contribution >= 4 is 80.4 Å². The summed E-state index contributed by atoms with van der Waals surface area (Å²) in [5, 5.41) is 49.9. The number of aliphatic hydroxyl groups is 1. The van der Waals surface area contributed by atoms with Crippen LogP contribution in [0, 0.1) is 0 Å². The van der Waals surface area contributed by atoms with Crippen molar-refractivity contribution in [1.29, 1.82) is 0 Å². The fourth-order valence-corrected chi connectivity index (χ4v) is 10.5. The van der Waals surface area contributed by atoms with Gasteiger partial charge in [-0.3, -0.25) is 38.4 Å². The lowest BCUT2D eigenvalue weighted by Crippen LogP contribution is -2.62. The lowest BCUT2D eigenvalue weighted by atomic mass is 10.0. The summed E-state index contributed by atoms with van der Waals surface area (Å²) < 4.78 is 0. The van der Waals surface area contributed by atoms with Crippen molar-refractivity contribution in [1.82, 2.24) is 37.2 Å². The van der Waals surface area contributed by atoms with Crippen molar-refractivity contribution in [2.45, 2.75) is 113 Å². The van der Waals surface area contributed by atoms with Gasteiger partial charge in [-0.1, -0.05) is 93.9 Å². The standard InChI is InChI=1S/C53H68ClN11O11S2/c1-29(66)45-53(76)64-44(51(74)60-40(46(58)69)23-32-11-17-36(67)18-12-32)28-78-77-27-43(63-47(70)38(57)22-30-9-15-35(54)16-10-30)52(75)62-42(25-33-13-19-37(68)20-14-33)50(73)61-41(24-31-5-7-34(26-56)8-6-31)49(72)59-39(48(71)65-45)4-2-3-21-55/h5-20,29,38-45,66-68H,2-4,21-28,55-57H2,1H3,(H2,58,69)(H,59,72)(H,60,74)(H,61,73)(H,62,75)(H,63,70)(H,64,76)(H,65,71)/t29-,38+,39+,40-,41-,42+,43-,44+,45+/m1/s1. The van der Waals surface area contributed by atoms with Gasteiger partial charge in [-0.2, -0.15) is 0 Å². The molecule has 4 aromatic carbocycles. The number of benzene rings is 4. The minimum atomic E-state index is -1.73. The first-order valence-electron chi connectivity index (χ1n) is 25.1. The van der Waals surface area contributed by atoms with Gasteiger partial charge in [0.25, 0.3) is 0 Å². The molecule has 4 aromatic rings. The molecule has 0 saturated carbocycles. The Morgan fingerprint density at radius 1 is 0.641 bits per heavy atom. The third-order valence-electron chi connectivity index (χ3n) is 12.5. The van der Waals surface area contributed by atoms with Gasteiger partial charge >= 0.3 is 0 Å². The molecule has 420 valence electrons. The second kappa shape index (κ2) is 30.9. The third kappa shape index (κ3) is 19.8. The fourth-order valence-electron chi connectivity index (χ4n) is 8.04. The molecule has 1 aliphatic heterocycles. The van der Waals surface area contributed by atoms with E-state index in [2.05, 4.69) is 37.2 Å². The van der Waals surface area contributed by atoms with Gasteiger partial charge in [-0.05, 0) is 103 Å². The summed E-state index contributed by atoms with van der Waals surface area (Å²) in [4.78, 5) is 113. The van der Waals surface area contributed by atoms with Crippen molar-refractivity contribution in [2.75, 3.05) is 18.1 Å². The minimum Gasteiger partial charge on any atom is -0.508 e.